The minimum atomic E-state index is -0.528. The molecule has 4 nitrogen and oxygen atoms in total. The highest BCUT2D eigenvalue weighted by molar-refractivity contribution is 6.32. The van der Waals surface area contributed by atoms with E-state index in [1.54, 1.807) is 12.1 Å². The maximum Gasteiger partial charge on any atom is 0.238 e. The zero-order valence-electron chi connectivity index (χ0n) is 16.7. The molecule has 1 atom stereocenters. The fourth-order valence-corrected chi connectivity index (χ4v) is 3.90. The van der Waals surface area contributed by atoms with Crippen molar-refractivity contribution < 1.29 is 4.79 Å². The molecule has 0 saturated carbocycles. The third kappa shape index (κ3) is 4.41. The largest absolute Gasteiger partial charge is 0.325 e. The summed E-state index contributed by atoms with van der Waals surface area (Å²) in [6.45, 7) is 0.854. The van der Waals surface area contributed by atoms with Gasteiger partial charge in [-0.2, -0.15) is 0 Å². The standard InChI is InChI=1S/C24H21Cl2N3O/c1-29(2)14-15-3-10-19(11-4-15)27-23(16-5-7-17(25)8-6-16)22-20-12-9-18(26)13-21(20)28-24(22)30/h3-13,22H,14H2,1-2H3,(H,28,30). The Kier molecular flexibility index (Phi) is 5.91. The molecular weight excluding hydrogens is 417 g/mol. The lowest BCUT2D eigenvalue weighted by molar-refractivity contribution is -0.115. The van der Waals surface area contributed by atoms with Crippen molar-refractivity contribution in [2.75, 3.05) is 19.4 Å². The van der Waals surface area contributed by atoms with Crippen LogP contribution in [0.5, 0.6) is 0 Å². The van der Waals surface area contributed by atoms with E-state index in [0.29, 0.717) is 15.8 Å². The lowest BCUT2D eigenvalue weighted by Crippen LogP contribution is -2.22. The van der Waals surface area contributed by atoms with Crippen molar-refractivity contribution in [1.29, 1.82) is 0 Å². The molecule has 1 aliphatic heterocycles. The number of aliphatic imine (C=N–C) groups is 1. The number of carbonyl (C=O) groups excluding carboxylic acids is 1. The number of carbonyl (C=O) groups is 1. The van der Waals surface area contributed by atoms with E-state index in [1.165, 1.54) is 5.56 Å². The molecule has 0 aliphatic carbocycles. The molecule has 1 heterocycles. The third-order valence-electron chi connectivity index (χ3n) is 4.94. The van der Waals surface area contributed by atoms with Crippen molar-refractivity contribution >= 4 is 46.2 Å². The van der Waals surface area contributed by atoms with Crippen molar-refractivity contribution in [1.82, 2.24) is 4.90 Å². The SMILES string of the molecule is CN(C)Cc1ccc(N=C(c2ccc(Cl)cc2)C2C(=O)Nc3cc(Cl)ccc32)cc1. The molecule has 1 amide bonds. The highest BCUT2D eigenvalue weighted by Gasteiger charge is 2.35. The Morgan fingerprint density at radius 1 is 0.967 bits per heavy atom. The Bertz CT molecular complexity index is 1110. The number of halogens is 2. The van der Waals surface area contributed by atoms with Gasteiger partial charge in [-0.25, -0.2) is 0 Å². The van der Waals surface area contributed by atoms with E-state index in [4.69, 9.17) is 28.2 Å². The highest BCUT2D eigenvalue weighted by Crippen LogP contribution is 2.37. The Morgan fingerprint density at radius 3 is 2.30 bits per heavy atom. The van der Waals surface area contributed by atoms with Gasteiger partial charge in [0, 0.05) is 22.3 Å². The van der Waals surface area contributed by atoms with Gasteiger partial charge in [0.25, 0.3) is 0 Å². The lowest BCUT2D eigenvalue weighted by Gasteiger charge is -2.14. The van der Waals surface area contributed by atoms with Gasteiger partial charge in [-0.15, -0.1) is 0 Å². The molecule has 1 aliphatic rings. The van der Waals surface area contributed by atoms with Crippen molar-refractivity contribution in [2.24, 2.45) is 4.99 Å². The molecule has 0 radical (unpaired) electrons. The van der Waals surface area contributed by atoms with Crippen LogP contribution in [0.3, 0.4) is 0 Å². The van der Waals surface area contributed by atoms with Gasteiger partial charge >= 0.3 is 0 Å². The highest BCUT2D eigenvalue weighted by atomic mass is 35.5. The molecule has 6 heteroatoms. The van der Waals surface area contributed by atoms with Gasteiger partial charge in [0.1, 0.15) is 5.92 Å². The second-order valence-corrected chi connectivity index (χ2v) is 8.43. The lowest BCUT2D eigenvalue weighted by atomic mass is 9.90. The smallest absolute Gasteiger partial charge is 0.238 e. The predicted octanol–water partition coefficient (Wildman–Crippen LogP) is 5.91. The quantitative estimate of drug-likeness (QED) is 0.504. The van der Waals surface area contributed by atoms with Crippen LogP contribution in [0.1, 0.15) is 22.6 Å². The summed E-state index contributed by atoms with van der Waals surface area (Å²) in [4.78, 5) is 19.9. The van der Waals surface area contributed by atoms with E-state index in [1.807, 2.05) is 56.6 Å². The summed E-state index contributed by atoms with van der Waals surface area (Å²) in [5.74, 6) is -0.648. The zero-order valence-corrected chi connectivity index (χ0v) is 18.2. The van der Waals surface area contributed by atoms with Crippen LogP contribution >= 0.6 is 23.2 Å². The van der Waals surface area contributed by atoms with Crippen LogP contribution in [0.15, 0.2) is 71.7 Å². The number of hydrogen-bond acceptors (Lipinski definition) is 3. The second kappa shape index (κ2) is 8.60. The Hall–Kier alpha value is -2.66. The van der Waals surface area contributed by atoms with Crippen molar-refractivity contribution in [3.05, 3.63) is 93.5 Å². The van der Waals surface area contributed by atoms with Crippen LogP contribution in [0, 0.1) is 0 Å². The van der Waals surface area contributed by atoms with Crippen LogP contribution in [-0.2, 0) is 11.3 Å². The molecule has 1 unspecified atom stereocenters. The van der Waals surface area contributed by atoms with E-state index in [2.05, 4.69) is 22.3 Å². The van der Waals surface area contributed by atoms with Crippen LogP contribution in [0.2, 0.25) is 10.0 Å². The van der Waals surface area contributed by atoms with E-state index < -0.39 is 5.92 Å². The summed E-state index contributed by atoms with van der Waals surface area (Å²) < 4.78 is 0. The summed E-state index contributed by atoms with van der Waals surface area (Å²) in [7, 11) is 4.07. The number of nitrogens with one attached hydrogen (secondary N) is 1. The molecule has 0 fully saturated rings. The van der Waals surface area contributed by atoms with Gasteiger partial charge < -0.3 is 10.2 Å². The van der Waals surface area contributed by atoms with Crippen LogP contribution in [0.25, 0.3) is 0 Å². The van der Waals surface area contributed by atoms with Crippen molar-refractivity contribution in [2.45, 2.75) is 12.5 Å². The van der Waals surface area contributed by atoms with E-state index in [-0.39, 0.29) is 5.91 Å². The fourth-order valence-electron chi connectivity index (χ4n) is 3.60. The van der Waals surface area contributed by atoms with E-state index in [0.717, 1.165) is 29.0 Å². The van der Waals surface area contributed by atoms with E-state index >= 15 is 0 Å². The number of hydrogen-bond donors (Lipinski definition) is 1. The van der Waals surface area contributed by atoms with Gasteiger partial charge in [-0.3, -0.25) is 9.79 Å². The first-order valence-corrected chi connectivity index (χ1v) is 10.3. The maximum absolute atomic E-state index is 12.9. The molecule has 3 aromatic rings. The average Bonchev–Trinajstić information content (AvgIpc) is 3.02. The molecule has 152 valence electrons. The third-order valence-corrected chi connectivity index (χ3v) is 5.43. The predicted molar refractivity (Wildman–Crippen MR) is 124 cm³/mol. The summed E-state index contributed by atoms with van der Waals surface area (Å²) in [5, 5.41) is 4.14. The van der Waals surface area contributed by atoms with Gasteiger partial charge in [-0.1, -0.05) is 53.5 Å². The molecule has 30 heavy (non-hydrogen) atoms. The van der Waals surface area contributed by atoms with Crippen LogP contribution in [-0.4, -0.2) is 30.6 Å². The average molecular weight is 438 g/mol. The van der Waals surface area contributed by atoms with Gasteiger partial charge in [0.05, 0.1) is 11.4 Å². The molecule has 0 aromatic heterocycles. The molecule has 0 saturated heterocycles. The first-order chi connectivity index (χ1) is 14.4. The number of anilines is 1. The minimum Gasteiger partial charge on any atom is -0.325 e. The second-order valence-electron chi connectivity index (χ2n) is 7.56. The maximum atomic E-state index is 12.9. The number of fused-ring (bicyclic) bond motifs is 1. The van der Waals surface area contributed by atoms with E-state index in [9.17, 15) is 4.79 Å². The minimum absolute atomic E-state index is 0.120. The summed E-state index contributed by atoms with van der Waals surface area (Å²) in [6, 6.07) is 20.9. The Balaban J connectivity index is 1.79. The molecule has 1 N–H and O–H groups in total. The Morgan fingerprint density at radius 2 is 1.63 bits per heavy atom. The van der Waals surface area contributed by atoms with Crippen molar-refractivity contribution in [3.63, 3.8) is 0 Å². The summed E-state index contributed by atoms with van der Waals surface area (Å²) in [5.41, 5.74) is 5.09. The number of amides is 1. The number of rotatable bonds is 5. The monoisotopic (exact) mass is 437 g/mol. The molecule has 3 aromatic carbocycles. The Labute approximate surface area is 186 Å². The fraction of sp³-hybridized carbons (Fsp3) is 0.167. The van der Waals surface area contributed by atoms with Gasteiger partial charge in [0.15, 0.2) is 0 Å². The number of benzene rings is 3. The zero-order chi connectivity index (χ0) is 21.3. The van der Waals surface area contributed by atoms with Gasteiger partial charge in [0.2, 0.25) is 5.91 Å². The first kappa shape index (κ1) is 20.6. The summed E-state index contributed by atoms with van der Waals surface area (Å²) in [6.07, 6.45) is 0. The molecule has 4 rings (SSSR count). The first-order valence-electron chi connectivity index (χ1n) is 9.59. The van der Waals surface area contributed by atoms with Gasteiger partial charge in [-0.05, 0) is 67.2 Å². The van der Waals surface area contributed by atoms with Crippen LogP contribution < -0.4 is 5.32 Å². The van der Waals surface area contributed by atoms with Crippen LogP contribution in [0.4, 0.5) is 11.4 Å². The number of nitrogens with zero attached hydrogens (tertiary/aromatic N) is 2. The molecular formula is C24H21Cl2N3O. The summed E-state index contributed by atoms with van der Waals surface area (Å²) >= 11 is 12.2. The normalized spacial score (nSPS) is 16.0. The molecule has 0 spiro atoms. The topological polar surface area (TPSA) is 44.7 Å². The van der Waals surface area contributed by atoms with Crippen molar-refractivity contribution in [3.8, 4) is 0 Å². The molecule has 0 bridgehead atoms.